The number of hydrogen-bond acceptors (Lipinski definition) is 10. The number of unbranched alkanes of at least 4 members (excludes halogenated alkanes) is 2. The van der Waals surface area contributed by atoms with Crippen molar-refractivity contribution in [1.29, 1.82) is 0 Å². The van der Waals surface area contributed by atoms with Crippen LogP contribution in [0.5, 0.6) is 0 Å². The smallest absolute Gasteiger partial charge is 0.407 e. The third-order valence-electron chi connectivity index (χ3n) is 6.20. The zero-order valence-electron chi connectivity index (χ0n) is 27.7. The molecule has 0 spiro atoms. The third-order valence-corrected chi connectivity index (χ3v) is 6.20. The van der Waals surface area contributed by atoms with Crippen LogP contribution in [-0.2, 0) is 35.2 Å². The van der Waals surface area contributed by atoms with E-state index in [0.29, 0.717) is 19.3 Å². The number of Topliss-reactive ketones (excluding diaryl/α,β-unsaturated/α-hetero) is 1. The second-order valence-corrected chi connectivity index (χ2v) is 12.7. The summed E-state index contributed by atoms with van der Waals surface area (Å²) in [6, 6.07) is 7.97. The summed E-state index contributed by atoms with van der Waals surface area (Å²) >= 11 is 0. The van der Waals surface area contributed by atoms with Gasteiger partial charge in [0.25, 0.3) is 0 Å². The summed E-state index contributed by atoms with van der Waals surface area (Å²) in [7, 11) is 0. The van der Waals surface area contributed by atoms with E-state index in [1.807, 2.05) is 30.3 Å². The minimum absolute atomic E-state index is 0.0768. The first-order valence-corrected chi connectivity index (χ1v) is 15.2. The first kappa shape index (κ1) is 39.7. The maximum atomic E-state index is 13.9. The lowest BCUT2D eigenvalue weighted by atomic mass is 9.83. The van der Waals surface area contributed by atoms with Crippen LogP contribution in [0.3, 0.4) is 0 Å². The number of ether oxygens (including phenoxy) is 3. The van der Waals surface area contributed by atoms with Crippen LogP contribution >= 0.6 is 0 Å². The van der Waals surface area contributed by atoms with Gasteiger partial charge in [-0.05, 0) is 91.2 Å². The van der Waals surface area contributed by atoms with Crippen LogP contribution < -0.4 is 21.7 Å². The van der Waals surface area contributed by atoms with Gasteiger partial charge in [-0.25, -0.2) is 14.4 Å². The van der Waals surface area contributed by atoms with Gasteiger partial charge in [0.1, 0.15) is 24.4 Å². The summed E-state index contributed by atoms with van der Waals surface area (Å²) < 4.78 is 15.9. The molecule has 0 aromatic heterocycles. The fourth-order valence-electron chi connectivity index (χ4n) is 4.08. The van der Waals surface area contributed by atoms with Crippen LogP contribution in [0.2, 0.25) is 0 Å². The van der Waals surface area contributed by atoms with Crippen molar-refractivity contribution in [3.63, 3.8) is 0 Å². The summed E-state index contributed by atoms with van der Waals surface area (Å²) in [5.41, 5.74) is 12.2. The Morgan fingerprint density at radius 1 is 0.870 bits per heavy atom. The molecule has 5 N–H and O–H groups in total. The highest BCUT2D eigenvalue weighted by molar-refractivity contribution is 6.11. The van der Waals surface area contributed by atoms with Gasteiger partial charge < -0.3 is 35.9 Å². The van der Waals surface area contributed by atoms with Crippen molar-refractivity contribution in [3.05, 3.63) is 46.3 Å². The van der Waals surface area contributed by atoms with Crippen LogP contribution in [0.4, 0.5) is 9.59 Å². The molecular formula is C31H49N7O8. The molecule has 0 aliphatic carbocycles. The molecule has 0 heterocycles. The minimum Gasteiger partial charge on any atom is -0.458 e. The van der Waals surface area contributed by atoms with Crippen molar-refractivity contribution in [1.82, 2.24) is 16.0 Å². The van der Waals surface area contributed by atoms with Gasteiger partial charge in [0.05, 0.1) is 6.04 Å². The molecular weight excluding hydrogens is 598 g/mol. The first-order valence-electron chi connectivity index (χ1n) is 15.2. The molecule has 0 radical (unpaired) electrons. The zero-order chi connectivity index (χ0) is 34.8. The lowest BCUT2D eigenvalue weighted by Crippen LogP contribution is -2.63. The van der Waals surface area contributed by atoms with E-state index >= 15 is 0 Å². The molecule has 3 amide bonds. The molecule has 0 aliphatic heterocycles. The van der Waals surface area contributed by atoms with Crippen LogP contribution in [-0.4, -0.2) is 72.3 Å². The lowest BCUT2D eigenvalue weighted by Gasteiger charge is -2.33. The number of ketones is 1. The molecule has 0 unspecified atom stereocenters. The van der Waals surface area contributed by atoms with Gasteiger partial charge in [-0.15, -0.1) is 0 Å². The second kappa shape index (κ2) is 19.2. The van der Waals surface area contributed by atoms with Gasteiger partial charge in [0.15, 0.2) is 11.3 Å². The number of rotatable bonds is 18. The number of nitrogens with two attached hydrogens (primary N) is 1. The fourth-order valence-corrected chi connectivity index (χ4v) is 4.08. The largest absolute Gasteiger partial charge is 0.458 e. The normalized spacial score (nSPS) is 13.2. The summed E-state index contributed by atoms with van der Waals surface area (Å²) in [5, 5.41) is 11.0. The van der Waals surface area contributed by atoms with Gasteiger partial charge in [0, 0.05) is 18.0 Å². The van der Waals surface area contributed by atoms with Crippen molar-refractivity contribution in [2.75, 3.05) is 19.6 Å². The number of benzene rings is 1. The van der Waals surface area contributed by atoms with E-state index in [9.17, 15) is 24.0 Å². The summed E-state index contributed by atoms with van der Waals surface area (Å²) in [6.07, 6.45) is 0.123. The molecule has 15 nitrogen and oxygen atoms in total. The molecule has 1 aromatic carbocycles. The topological polar surface area (TPSA) is 224 Å². The van der Waals surface area contributed by atoms with E-state index in [0.717, 1.165) is 5.56 Å². The highest BCUT2D eigenvalue weighted by Gasteiger charge is 2.47. The van der Waals surface area contributed by atoms with Gasteiger partial charge in [-0.1, -0.05) is 35.4 Å². The lowest BCUT2D eigenvalue weighted by molar-refractivity contribution is -0.165. The van der Waals surface area contributed by atoms with E-state index in [-0.39, 0.29) is 39.0 Å². The molecule has 46 heavy (non-hydrogen) atoms. The van der Waals surface area contributed by atoms with E-state index < -0.39 is 59.2 Å². The predicted octanol–water partition coefficient (Wildman–Crippen LogP) is 4.18. The monoisotopic (exact) mass is 647 g/mol. The number of nitrogens with zero attached hydrogens (tertiary/aromatic N) is 3. The number of alkyl carbamates (subject to hydrolysis) is 2. The molecule has 1 rings (SSSR count). The quantitative estimate of drug-likeness (QED) is 0.0340. The number of carbonyl (C=O) groups is 5. The van der Waals surface area contributed by atoms with Gasteiger partial charge in [0.2, 0.25) is 5.91 Å². The van der Waals surface area contributed by atoms with Gasteiger partial charge >= 0.3 is 18.2 Å². The Kier molecular flexibility index (Phi) is 16.6. The molecule has 2 atom stereocenters. The van der Waals surface area contributed by atoms with E-state index in [1.54, 1.807) is 41.5 Å². The second-order valence-electron chi connectivity index (χ2n) is 12.7. The maximum Gasteiger partial charge on any atom is 0.407 e. The molecule has 0 bridgehead atoms. The van der Waals surface area contributed by atoms with Crippen LogP contribution in [0.25, 0.3) is 10.4 Å². The Morgan fingerprint density at radius 2 is 1.46 bits per heavy atom. The van der Waals surface area contributed by atoms with Crippen molar-refractivity contribution >= 4 is 29.8 Å². The van der Waals surface area contributed by atoms with Gasteiger partial charge in [-0.2, -0.15) is 0 Å². The zero-order valence-corrected chi connectivity index (χ0v) is 27.7. The van der Waals surface area contributed by atoms with Crippen LogP contribution in [0.15, 0.2) is 35.4 Å². The van der Waals surface area contributed by atoms with E-state index in [1.165, 1.54) is 0 Å². The molecule has 0 saturated carbocycles. The summed E-state index contributed by atoms with van der Waals surface area (Å²) in [6.45, 7) is 10.1. The summed E-state index contributed by atoms with van der Waals surface area (Å²) in [4.78, 5) is 66.3. The summed E-state index contributed by atoms with van der Waals surface area (Å²) in [5.74, 6) is -2.46. The molecule has 15 heteroatoms. The minimum atomic E-state index is -2.13. The number of amides is 3. The Balaban J connectivity index is 2.91. The molecule has 256 valence electrons. The standard InChI is InChI=1S/C31H49N7O8/c1-29(2,3)45-26(41)31(32,17-11-13-19-34-27(42)44-21-22-14-8-7-9-15-22)25(40)23(37-24(39)20-36-38-33)16-10-12-18-35-28(43)46-30(4,5)6/h7-9,14-15,23H,10-13,16-21,32H2,1-6H3,(H,34,42)(H,35,43)(H,37,39)/t23-,31+/m0/s1. The average molecular weight is 648 g/mol. The number of hydrogen-bond donors (Lipinski definition) is 4. The first-order chi connectivity index (χ1) is 21.5. The Morgan fingerprint density at radius 3 is 2.04 bits per heavy atom. The number of azide groups is 1. The molecule has 0 fully saturated rings. The molecule has 0 saturated heterocycles. The SMILES string of the molecule is CC(C)(C)OC(=O)NCCCC[C@H](NC(=O)CN=[N+]=[N-])C(=O)[C@](N)(CCCCNC(=O)OCc1ccccc1)C(=O)OC(C)(C)C. The third kappa shape index (κ3) is 16.6. The van der Waals surface area contributed by atoms with Crippen molar-refractivity contribution in [2.24, 2.45) is 10.8 Å². The van der Waals surface area contributed by atoms with Gasteiger partial charge in [-0.3, -0.25) is 9.59 Å². The number of esters is 1. The van der Waals surface area contributed by atoms with Crippen molar-refractivity contribution < 1.29 is 38.2 Å². The van der Waals surface area contributed by atoms with E-state index in [2.05, 4.69) is 26.0 Å². The van der Waals surface area contributed by atoms with Crippen LogP contribution in [0, 0.1) is 0 Å². The van der Waals surface area contributed by atoms with Crippen molar-refractivity contribution in [2.45, 2.75) is 109 Å². The predicted molar refractivity (Wildman–Crippen MR) is 170 cm³/mol. The fraction of sp³-hybridized carbons (Fsp3) is 0.645. The number of carbonyl (C=O) groups excluding carboxylic acids is 5. The maximum absolute atomic E-state index is 13.9. The highest BCUT2D eigenvalue weighted by Crippen LogP contribution is 2.22. The Labute approximate surface area is 270 Å². The van der Waals surface area contributed by atoms with Crippen LogP contribution in [0.1, 0.15) is 85.6 Å². The Bertz CT molecular complexity index is 1210. The Hall–Kier alpha value is -4.36. The average Bonchev–Trinajstić information content (AvgIpc) is 2.96. The van der Waals surface area contributed by atoms with E-state index in [4.69, 9.17) is 25.5 Å². The van der Waals surface area contributed by atoms with Crippen molar-refractivity contribution in [3.8, 4) is 0 Å². The highest BCUT2D eigenvalue weighted by atomic mass is 16.6. The molecule has 1 aromatic rings. The molecule has 0 aliphatic rings. The number of nitrogens with one attached hydrogen (secondary N) is 3.